The minimum Gasteiger partial charge on any atom is -0.385 e. The molecular formula is C32H41N. The minimum atomic E-state index is 0.541. The normalized spacial score (nSPS) is 12.9. The van der Waals surface area contributed by atoms with Crippen LogP contribution in [-0.2, 0) is 6.42 Å². The fraction of sp³-hybridized carbons (Fsp3) is 0.312. The number of rotatable bonds is 12. The molecule has 0 spiro atoms. The molecule has 33 heavy (non-hydrogen) atoms. The first kappa shape index (κ1) is 26.2. The third-order valence-electron chi connectivity index (χ3n) is 6.28. The zero-order valence-corrected chi connectivity index (χ0v) is 21.3. The second-order valence-electron chi connectivity index (χ2n) is 8.94. The van der Waals surface area contributed by atoms with Crippen LogP contribution in [0, 0.1) is 6.92 Å². The maximum Gasteiger partial charge on any atom is 0.0340 e. The van der Waals surface area contributed by atoms with Crippen LogP contribution in [0.1, 0.15) is 74.3 Å². The third-order valence-corrected chi connectivity index (χ3v) is 6.28. The Hall–Kier alpha value is -3.06. The van der Waals surface area contributed by atoms with E-state index in [4.69, 9.17) is 0 Å². The summed E-state index contributed by atoms with van der Waals surface area (Å²) in [6, 6.07) is 15.6. The van der Waals surface area contributed by atoms with Crippen molar-refractivity contribution < 1.29 is 0 Å². The van der Waals surface area contributed by atoms with E-state index in [1.54, 1.807) is 0 Å². The van der Waals surface area contributed by atoms with Crippen LogP contribution in [0.15, 0.2) is 91.6 Å². The highest BCUT2D eigenvalue weighted by molar-refractivity contribution is 5.83. The lowest BCUT2D eigenvalue weighted by Gasteiger charge is -2.19. The standard InChI is InChI=1S/C32H41N/c1-9-12-27-14-17-29(18-15-27)28(11-3)19-20-33-26(8)30-16-13-25(7)32(22-30)31(21-23(4)5)24(6)10-2/h9-10,13-18,21-22,28,33H,1,4,8,11-12,19-20H2,2-3,5-7H3/b24-10-,31-21+. The summed E-state index contributed by atoms with van der Waals surface area (Å²) in [5.41, 5.74) is 10.9. The first-order chi connectivity index (χ1) is 15.8. The van der Waals surface area contributed by atoms with Gasteiger partial charge in [-0.3, -0.25) is 0 Å². The molecule has 2 rings (SSSR count). The lowest BCUT2D eigenvalue weighted by Crippen LogP contribution is -2.16. The van der Waals surface area contributed by atoms with Crippen molar-refractivity contribution in [3.05, 3.63) is 119 Å². The van der Waals surface area contributed by atoms with Gasteiger partial charge in [-0.2, -0.15) is 0 Å². The molecule has 0 heterocycles. The van der Waals surface area contributed by atoms with E-state index in [0.29, 0.717) is 5.92 Å². The van der Waals surface area contributed by atoms with Crippen LogP contribution in [0.25, 0.3) is 11.3 Å². The molecule has 2 aromatic carbocycles. The molecule has 0 amide bonds. The van der Waals surface area contributed by atoms with Crippen molar-refractivity contribution in [1.29, 1.82) is 0 Å². The highest BCUT2D eigenvalue weighted by Gasteiger charge is 2.12. The van der Waals surface area contributed by atoms with E-state index in [9.17, 15) is 0 Å². The van der Waals surface area contributed by atoms with Crippen molar-refractivity contribution in [2.24, 2.45) is 0 Å². The first-order valence-corrected chi connectivity index (χ1v) is 12.0. The Bertz CT molecular complexity index is 1030. The van der Waals surface area contributed by atoms with Crippen LogP contribution >= 0.6 is 0 Å². The average Bonchev–Trinajstić information content (AvgIpc) is 2.81. The van der Waals surface area contributed by atoms with Gasteiger partial charge >= 0.3 is 0 Å². The van der Waals surface area contributed by atoms with E-state index in [1.165, 1.54) is 33.4 Å². The van der Waals surface area contributed by atoms with Crippen molar-refractivity contribution in [3.63, 3.8) is 0 Å². The quantitative estimate of drug-likeness (QED) is 0.257. The van der Waals surface area contributed by atoms with Gasteiger partial charge in [0, 0.05) is 12.2 Å². The summed E-state index contributed by atoms with van der Waals surface area (Å²) in [5.74, 6) is 0.541. The Labute approximate surface area is 202 Å². The van der Waals surface area contributed by atoms with Crippen LogP contribution in [0.5, 0.6) is 0 Å². The molecule has 0 radical (unpaired) electrons. The number of benzene rings is 2. The maximum absolute atomic E-state index is 4.34. The van der Waals surface area contributed by atoms with Gasteiger partial charge in [0.1, 0.15) is 0 Å². The summed E-state index contributed by atoms with van der Waals surface area (Å²) in [6.45, 7) is 23.9. The van der Waals surface area contributed by atoms with E-state index in [2.05, 4.69) is 107 Å². The Kier molecular flexibility index (Phi) is 10.2. The van der Waals surface area contributed by atoms with Gasteiger partial charge in [-0.15, -0.1) is 6.58 Å². The smallest absolute Gasteiger partial charge is 0.0340 e. The van der Waals surface area contributed by atoms with Gasteiger partial charge in [0.2, 0.25) is 0 Å². The Morgan fingerprint density at radius 3 is 2.33 bits per heavy atom. The molecule has 0 aromatic heterocycles. The van der Waals surface area contributed by atoms with Crippen molar-refractivity contribution in [3.8, 4) is 0 Å². The second kappa shape index (κ2) is 12.8. The molecule has 1 N–H and O–H groups in total. The summed E-state index contributed by atoms with van der Waals surface area (Å²) >= 11 is 0. The fourth-order valence-corrected chi connectivity index (χ4v) is 4.10. The summed E-state index contributed by atoms with van der Waals surface area (Å²) in [4.78, 5) is 0. The van der Waals surface area contributed by atoms with Crippen LogP contribution in [0.2, 0.25) is 0 Å². The molecule has 0 saturated heterocycles. The lowest BCUT2D eigenvalue weighted by molar-refractivity contribution is 0.593. The maximum atomic E-state index is 4.34. The number of hydrogen-bond donors (Lipinski definition) is 1. The van der Waals surface area contributed by atoms with E-state index in [1.807, 2.05) is 13.0 Å². The molecule has 0 fully saturated rings. The zero-order chi connectivity index (χ0) is 24.4. The monoisotopic (exact) mass is 439 g/mol. The van der Waals surface area contributed by atoms with E-state index < -0.39 is 0 Å². The SMILES string of the molecule is C=CCc1ccc(C(CC)CCNC(=C)c2ccc(C)c(C(=C/C(=C)C)/C(C)=C\C)c2)cc1. The molecule has 0 aliphatic rings. The lowest BCUT2D eigenvalue weighted by atomic mass is 9.91. The summed E-state index contributed by atoms with van der Waals surface area (Å²) < 4.78 is 0. The van der Waals surface area contributed by atoms with E-state index in [0.717, 1.165) is 42.6 Å². The second-order valence-corrected chi connectivity index (χ2v) is 8.94. The summed E-state index contributed by atoms with van der Waals surface area (Å²) in [6.07, 6.45) is 9.41. The third kappa shape index (κ3) is 7.49. The highest BCUT2D eigenvalue weighted by atomic mass is 14.9. The number of nitrogens with one attached hydrogen (secondary N) is 1. The molecule has 0 bridgehead atoms. The Balaban J connectivity index is 2.11. The molecule has 1 nitrogen and oxygen atoms in total. The van der Waals surface area contributed by atoms with Crippen molar-refractivity contribution in [2.75, 3.05) is 6.54 Å². The summed E-state index contributed by atoms with van der Waals surface area (Å²) in [7, 11) is 0. The topological polar surface area (TPSA) is 12.0 Å². The molecular weight excluding hydrogens is 398 g/mol. The van der Waals surface area contributed by atoms with Gasteiger partial charge in [0.25, 0.3) is 0 Å². The molecule has 174 valence electrons. The van der Waals surface area contributed by atoms with Gasteiger partial charge in [0.05, 0.1) is 0 Å². The molecule has 0 aliphatic heterocycles. The van der Waals surface area contributed by atoms with Crippen LogP contribution < -0.4 is 5.32 Å². The fourth-order valence-electron chi connectivity index (χ4n) is 4.10. The van der Waals surface area contributed by atoms with E-state index in [-0.39, 0.29) is 0 Å². The van der Waals surface area contributed by atoms with Crippen LogP contribution in [0.3, 0.4) is 0 Å². The Morgan fingerprint density at radius 2 is 1.76 bits per heavy atom. The van der Waals surface area contributed by atoms with Crippen molar-refractivity contribution in [2.45, 2.75) is 59.8 Å². The van der Waals surface area contributed by atoms with Gasteiger partial charge in [0.15, 0.2) is 0 Å². The largest absolute Gasteiger partial charge is 0.385 e. The summed E-state index contributed by atoms with van der Waals surface area (Å²) in [5, 5.41) is 3.58. The van der Waals surface area contributed by atoms with Gasteiger partial charge < -0.3 is 5.32 Å². The van der Waals surface area contributed by atoms with Crippen LogP contribution in [0.4, 0.5) is 0 Å². The van der Waals surface area contributed by atoms with Gasteiger partial charge in [-0.1, -0.05) is 80.3 Å². The van der Waals surface area contributed by atoms with Crippen molar-refractivity contribution >= 4 is 11.3 Å². The molecule has 1 atom stereocenters. The van der Waals surface area contributed by atoms with Crippen molar-refractivity contribution in [1.82, 2.24) is 5.32 Å². The van der Waals surface area contributed by atoms with Crippen LogP contribution in [-0.4, -0.2) is 6.54 Å². The number of hydrogen-bond acceptors (Lipinski definition) is 1. The average molecular weight is 440 g/mol. The molecule has 1 heteroatoms. The number of allylic oxidation sites excluding steroid dienone is 6. The zero-order valence-electron chi connectivity index (χ0n) is 21.3. The number of aryl methyl sites for hydroxylation is 1. The predicted octanol–water partition coefficient (Wildman–Crippen LogP) is 8.79. The predicted molar refractivity (Wildman–Crippen MR) is 148 cm³/mol. The van der Waals surface area contributed by atoms with E-state index >= 15 is 0 Å². The first-order valence-electron chi connectivity index (χ1n) is 12.0. The molecule has 1 unspecified atom stereocenters. The molecule has 0 aliphatic carbocycles. The molecule has 0 saturated carbocycles. The van der Waals surface area contributed by atoms with Gasteiger partial charge in [-0.05, 0) is 97.9 Å². The Morgan fingerprint density at radius 1 is 1.06 bits per heavy atom. The highest BCUT2D eigenvalue weighted by Crippen LogP contribution is 2.29. The minimum absolute atomic E-state index is 0.541. The van der Waals surface area contributed by atoms with Gasteiger partial charge in [-0.25, -0.2) is 0 Å². The molecule has 2 aromatic rings.